The van der Waals surface area contributed by atoms with Gasteiger partial charge in [-0.15, -0.1) is 11.3 Å². The lowest BCUT2D eigenvalue weighted by atomic mass is 10.2. The molecule has 11 heteroatoms. The van der Waals surface area contributed by atoms with Crippen molar-refractivity contribution in [2.45, 2.75) is 25.4 Å². The Morgan fingerprint density at radius 2 is 2.07 bits per heavy atom. The number of sulfonamides is 1. The monoisotopic (exact) mass is 447 g/mol. The van der Waals surface area contributed by atoms with Crippen molar-refractivity contribution in [1.29, 1.82) is 0 Å². The number of carbonyl (C=O) groups is 2. The first-order valence-corrected chi connectivity index (χ1v) is 11.6. The minimum Gasteiger partial charge on any atom is -0.378 e. The number of thiophene rings is 1. The topological polar surface area (TPSA) is 96.0 Å². The van der Waals surface area contributed by atoms with Gasteiger partial charge in [0, 0.05) is 29.9 Å². The molecule has 2 aliphatic heterocycles. The van der Waals surface area contributed by atoms with Crippen molar-refractivity contribution in [1.82, 2.24) is 14.5 Å². The molecule has 2 aliphatic rings. The summed E-state index contributed by atoms with van der Waals surface area (Å²) in [7, 11) is -3.80. The molecule has 0 saturated carbocycles. The minimum atomic E-state index is -3.80. The largest absolute Gasteiger partial charge is 0.378 e. The van der Waals surface area contributed by atoms with Crippen LogP contribution in [0.15, 0.2) is 17.5 Å². The van der Waals surface area contributed by atoms with E-state index in [9.17, 15) is 18.0 Å². The third kappa shape index (κ3) is 5.12. The maximum absolute atomic E-state index is 12.7. The molecule has 28 heavy (non-hydrogen) atoms. The molecule has 154 valence electrons. The Kier molecular flexibility index (Phi) is 6.77. The molecule has 3 heterocycles. The molecule has 0 spiro atoms. The number of hydrogen-bond acceptors (Lipinski definition) is 6. The highest BCUT2D eigenvalue weighted by Crippen LogP contribution is 2.23. The van der Waals surface area contributed by atoms with E-state index in [1.807, 2.05) is 0 Å². The standard InChI is InChI=1S/C17H22ClN3O5S2/c1-12(16(22)20-7-9-26-10-8-20)21-6-4-14(17(21)23)19-28(24,25)11-5-13-2-3-15(18)27-13/h2-3,5,11-12,14,19H,4,6-10H2,1H3/t12-,14-/m0/s1. The number of morpholine rings is 1. The van der Waals surface area contributed by atoms with Gasteiger partial charge in [0.15, 0.2) is 0 Å². The highest BCUT2D eigenvalue weighted by molar-refractivity contribution is 7.92. The van der Waals surface area contributed by atoms with Crippen LogP contribution in [0.25, 0.3) is 6.08 Å². The number of likely N-dealkylation sites (tertiary alicyclic amines) is 1. The predicted octanol–water partition coefficient (Wildman–Crippen LogP) is 1.14. The van der Waals surface area contributed by atoms with E-state index in [4.69, 9.17) is 16.3 Å². The van der Waals surface area contributed by atoms with Gasteiger partial charge in [-0.05, 0) is 31.6 Å². The summed E-state index contributed by atoms with van der Waals surface area (Å²) < 4.78 is 32.8. The molecule has 1 aromatic heterocycles. The molecule has 0 bridgehead atoms. The van der Waals surface area contributed by atoms with E-state index in [2.05, 4.69) is 4.72 Å². The second-order valence-corrected chi connectivity index (χ2v) is 9.94. The lowest BCUT2D eigenvalue weighted by Crippen LogP contribution is -2.52. The average molecular weight is 448 g/mol. The first-order chi connectivity index (χ1) is 13.3. The van der Waals surface area contributed by atoms with Gasteiger partial charge >= 0.3 is 0 Å². The van der Waals surface area contributed by atoms with Crippen LogP contribution in [0, 0.1) is 0 Å². The average Bonchev–Trinajstić information content (AvgIpc) is 3.25. The van der Waals surface area contributed by atoms with Gasteiger partial charge in [0.05, 0.1) is 17.6 Å². The highest BCUT2D eigenvalue weighted by Gasteiger charge is 2.39. The van der Waals surface area contributed by atoms with Gasteiger partial charge in [-0.1, -0.05) is 11.6 Å². The van der Waals surface area contributed by atoms with E-state index in [-0.39, 0.29) is 11.8 Å². The fraction of sp³-hybridized carbons (Fsp3) is 0.529. The molecule has 3 rings (SSSR count). The van der Waals surface area contributed by atoms with Crippen molar-refractivity contribution in [3.05, 3.63) is 26.8 Å². The van der Waals surface area contributed by atoms with Crippen LogP contribution in [-0.2, 0) is 24.3 Å². The lowest BCUT2D eigenvalue weighted by molar-refractivity contribution is -0.146. The summed E-state index contributed by atoms with van der Waals surface area (Å²) in [6, 6.07) is 1.88. The van der Waals surface area contributed by atoms with Crippen LogP contribution < -0.4 is 4.72 Å². The van der Waals surface area contributed by atoms with Crippen LogP contribution in [-0.4, -0.2) is 75.0 Å². The zero-order valence-corrected chi connectivity index (χ0v) is 17.7. The van der Waals surface area contributed by atoms with Crippen LogP contribution in [0.1, 0.15) is 18.2 Å². The third-order valence-electron chi connectivity index (χ3n) is 4.70. The Bertz CT molecular complexity index is 864. The highest BCUT2D eigenvalue weighted by atomic mass is 35.5. The van der Waals surface area contributed by atoms with E-state index in [0.717, 1.165) is 5.41 Å². The fourth-order valence-corrected chi connectivity index (χ4v) is 5.26. The summed E-state index contributed by atoms with van der Waals surface area (Å²) in [5, 5.41) is 1.02. The molecule has 2 atom stereocenters. The van der Waals surface area contributed by atoms with Gasteiger partial charge in [0.2, 0.25) is 21.8 Å². The smallest absolute Gasteiger partial charge is 0.245 e. The third-order valence-corrected chi connectivity index (χ3v) is 7.00. The molecule has 2 saturated heterocycles. The zero-order valence-electron chi connectivity index (χ0n) is 15.3. The number of nitrogens with one attached hydrogen (secondary N) is 1. The van der Waals surface area contributed by atoms with Gasteiger partial charge < -0.3 is 14.5 Å². The summed E-state index contributed by atoms with van der Waals surface area (Å²) in [6.45, 7) is 3.96. The number of hydrogen-bond donors (Lipinski definition) is 1. The summed E-state index contributed by atoms with van der Waals surface area (Å²) in [5.74, 6) is -0.528. The van der Waals surface area contributed by atoms with E-state index >= 15 is 0 Å². The molecule has 0 aromatic carbocycles. The first-order valence-electron chi connectivity index (χ1n) is 8.89. The quantitative estimate of drug-likeness (QED) is 0.705. The SMILES string of the molecule is C[C@@H](C(=O)N1CCOCC1)N1CC[C@H](NS(=O)(=O)C=Cc2ccc(Cl)s2)C1=O. The molecule has 0 unspecified atom stereocenters. The molecule has 1 aromatic rings. The number of rotatable bonds is 6. The van der Waals surface area contributed by atoms with Gasteiger partial charge in [-0.25, -0.2) is 8.42 Å². The second-order valence-electron chi connectivity index (χ2n) is 6.59. The van der Waals surface area contributed by atoms with Gasteiger partial charge in [0.25, 0.3) is 0 Å². The van der Waals surface area contributed by atoms with E-state index in [1.54, 1.807) is 24.0 Å². The maximum Gasteiger partial charge on any atom is 0.245 e. The van der Waals surface area contributed by atoms with E-state index in [0.29, 0.717) is 48.5 Å². The molecule has 2 fully saturated rings. The summed E-state index contributed by atoms with van der Waals surface area (Å²) in [5.41, 5.74) is 0. The van der Waals surface area contributed by atoms with E-state index < -0.39 is 22.1 Å². The van der Waals surface area contributed by atoms with E-state index in [1.165, 1.54) is 22.3 Å². The van der Waals surface area contributed by atoms with Crippen molar-refractivity contribution < 1.29 is 22.7 Å². The van der Waals surface area contributed by atoms with Crippen LogP contribution in [0.3, 0.4) is 0 Å². The minimum absolute atomic E-state index is 0.144. The van der Waals surface area contributed by atoms with Crippen LogP contribution in [0.2, 0.25) is 4.34 Å². The van der Waals surface area contributed by atoms with Crippen LogP contribution in [0.4, 0.5) is 0 Å². The zero-order chi connectivity index (χ0) is 20.3. The Morgan fingerprint density at radius 3 is 2.71 bits per heavy atom. The van der Waals surface area contributed by atoms with Gasteiger partial charge in [-0.2, -0.15) is 4.72 Å². The summed E-state index contributed by atoms with van der Waals surface area (Å²) >= 11 is 7.08. The first kappa shape index (κ1) is 21.3. The lowest BCUT2D eigenvalue weighted by Gasteiger charge is -2.32. The molecule has 8 nitrogen and oxygen atoms in total. The summed E-state index contributed by atoms with van der Waals surface area (Å²) in [6.07, 6.45) is 1.75. The maximum atomic E-state index is 12.7. The van der Waals surface area contributed by atoms with Crippen LogP contribution in [0.5, 0.6) is 0 Å². The number of halogens is 1. The van der Waals surface area contributed by atoms with Crippen LogP contribution >= 0.6 is 22.9 Å². The molecular formula is C17H22ClN3O5S2. The number of carbonyl (C=O) groups excluding carboxylic acids is 2. The molecule has 0 aliphatic carbocycles. The Morgan fingerprint density at radius 1 is 1.36 bits per heavy atom. The normalized spacial score (nSPS) is 22.2. The number of amides is 2. The predicted molar refractivity (Wildman–Crippen MR) is 107 cm³/mol. The van der Waals surface area contributed by atoms with Crippen molar-refractivity contribution >= 4 is 50.9 Å². The number of ether oxygens (including phenoxy) is 1. The number of nitrogens with zero attached hydrogens (tertiary/aromatic N) is 2. The Hall–Kier alpha value is -1.46. The fourth-order valence-electron chi connectivity index (χ4n) is 3.19. The Labute approximate surface area is 173 Å². The van der Waals surface area contributed by atoms with Crippen molar-refractivity contribution in [2.24, 2.45) is 0 Å². The Balaban J connectivity index is 1.59. The molecular weight excluding hydrogens is 426 g/mol. The molecule has 1 N–H and O–H groups in total. The van der Waals surface area contributed by atoms with Crippen molar-refractivity contribution in [2.75, 3.05) is 32.8 Å². The second kappa shape index (κ2) is 8.91. The van der Waals surface area contributed by atoms with Crippen molar-refractivity contribution in [3.63, 3.8) is 0 Å². The van der Waals surface area contributed by atoms with Gasteiger partial charge in [-0.3, -0.25) is 9.59 Å². The summed E-state index contributed by atoms with van der Waals surface area (Å²) in [4.78, 5) is 29.1. The van der Waals surface area contributed by atoms with Gasteiger partial charge in [0.1, 0.15) is 12.1 Å². The van der Waals surface area contributed by atoms with Crippen molar-refractivity contribution in [3.8, 4) is 0 Å². The molecule has 2 amide bonds. The molecule has 0 radical (unpaired) electrons.